The van der Waals surface area contributed by atoms with Gasteiger partial charge in [0, 0.05) is 12.7 Å². The molecule has 126 valence electrons. The highest BCUT2D eigenvalue weighted by atomic mass is 16.6. The molecule has 0 aliphatic rings. The molecule has 25 heavy (non-hydrogen) atoms. The first-order chi connectivity index (χ1) is 12.2. The molecule has 2 heterocycles. The molecule has 8 heteroatoms. The molecule has 0 aliphatic carbocycles. The zero-order valence-electron chi connectivity index (χ0n) is 13.2. The molecule has 0 fully saturated rings. The first kappa shape index (κ1) is 16.3. The van der Waals surface area contributed by atoms with Crippen LogP contribution in [0.25, 0.3) is 0 Å². The molecule has 0 radical (unpaired) electrons. The smallest absolute Gasteiger partial charge is 0.373 e. The number of hydrogen-bond acceptors (Lipinski definition) is 7. The van der Waals surface area contributed by atoms with Crippen LogP contribution in [0.4, 0.5) is 11.5 Å². The van der Waals surface area contributed by atoms with Crippen molar-refractivity contribution in [3.05, 3.63) is 76.9 Å². The Morgan fingerprint density at radius 3 is 2.68 bits per heavy atom. The van der Waals surface area contributed by atoms with E-state index in [2.05, 4.69) is 20.3 Å². The molecule has 1 aromatic carbocycles. The largest absolute Gasteiger partial charge is 0.432 e. The third-order valence-electron chi connectivity index (χ3n) is 3.37. The maximum Gasteiger partial charge on any atom is 0.373 e. The molecule has 0 bridgehead atoms. The second kappa shape index (κ2) is 7.82. The molecule has 0 aliphatic heterocycles. The van der Waals surface area contributed by atoms with Crippen molar-refractivity contribution in [1.82, 2.24) is 15.0 Å². The molecule has 0 amide bonds. The van der Waals surface area contributed by atoms with E-state index in [1.165, 1.54) is 12.5 Å². The minimum absolute atomic E-state index is 0.120. The topological polar surface area (TPSA) is 103 Å². The highest BCUT2D eigenvalue weighted by molar-refractivity contribution is 5.61. The van der Waals surface area contributed by atoms with E-state index in [4.69, 9.17) is 4.74 Å². The van der Waals surface area contributed by atoms with Gasteiger partial charge in [0.25, 0.3) is 0 Å². The zero-order chi connectivity index (χ0) is 17.5. The fourth-order valence-electron chi connectivity index (χ4n) is 2.22. The summed E-state index contributed by atoms with van der Waals surface area (Å²) in [6.45, 7) is 0.494. The van der Waals surface area contributed by atoms with E-state index in [-0.39, 0.29) is 17.4 Å². The van der Waals surface area contributed by atoms with Gasteiger partial charge >= 0.3 is 11.6 Å². The Morgan fingerprint density at radius 2 is 1.96 bits per heavy atom. The molecule has 0 saturated heterocycles. The predicted octanol–water partition coefficient (Wildman–Crippen LogP) is 3.23. The average Bonchev–Trinajstić information content (AvgIpc) is 2.63. The highest BCUT2D eigenvalue weighted by Gasteiger charge is 2.24. The lowest BCUT2D eigenvalue weighted by Crippen LogP contribution is -2.10. The molecule has 0 spiro atoms. The summed E-state index contributed by atoms with van der Waals surface area (Å²) in [7, 11) is 0. The van der Waals surface area contributed by atoms with Crippen LogP contribution in [0.2, 0.25) is 0 Å². The van der Waals surface area contributed by atoms with Gasteiger partial charge in [-0.3, -0.25) is 15.1 Å². The van der Waals surface area contributed by atoms with Crippen molar-refractivity contribution in [3.63, 3.8) is 0 Å². The van der Waals surface area contributed by atoms with Crippen molar-refractivity contribution in [1.29, 1.82) is 0 Å². The van der Waals surface area contributed by atoms with Crippen molar-refractivity contribution in [2.24, 2.45) is 0 Å². The summed E-state index contributed by atoms with van der Waals surface area (Å²) in [5.41, 5.74) is 0.818. The molecular formula is C17H15N5O3. The van der Waals surface area contributed by atoms with E-state index in [1.807, 2.05) is 30.3 Å². The van der Waals surface area contributed by atoms with Crippen LogP contribution < -0.4 is 10.1 Å². The Hall–Kier alpha value is -3.55. The number of rotatable bonds is 7. The van der Waals surface area contributed by atoms with Crippen LogP contribution in [-0.4, -0.2) is 26.4 Å². The molecular weight excluding hydrogens is 322 g/mol. The van der Waals surface area contributed by atoms with Gasteiger partial charge in [-0.25, -0.2) is 4.98 Å². The molecule has 8 nitrogen and oxygen atoms in total. The number of ether oxygens (including phenoxy) is 1. The second-order valence-corrected chi connectivity index (χ2v) is 5.09. The van der Waals surface area contributed by atoms with Gasteiger partial charge in [0.05, 0.1) is 11.1 Å². The van der Waals surface area contributed by atoms with E-state index in [0.717, 1.165) is 5.56 Å². The molecule has 0 unspecified atom stereocenters. The minimum Gasteiger partial charge on any atom is -0.432 e. The van der Waals surface area contributed by atoms with E-state index < -0.39 is 4.92 Å². The Bertz CT molecular complexity index is 843. The Kier molecular flexibility index (Phi) is 5.10. The quantitative estimate of drug-likeness (QED) is 0.521. The number of aromatic nitrogens is 3. The van der Waals surface area contributed by atoms with Crippen LogP contribution in [-0.2, 0) is 6.42 Å². The SMILES string of the molecule is O=[N+]([O-])c1c(NCCc2ccccc2)ncnc1Oc1cccnc1. The van der Waals surface area contributed by atoms with Gasteiger partial charge < -0.3 is 10.1 Å². The van der Waals surface area contributed by atoms with Crippen molar-refractivity contribution >= 4 is 11.5 Å². The van der Waals surface area contributed by atoms with Gasteiger partial charge in [-0.1, -0.05) is 30.3 Å². The Morgan fingerprint density at radius 1 is 1.12 bits per heavy atom. The van der Waals surface area contributed by atoms with Crippen LogP contribution in [0.3, 0.4) is 0 Å². The first-order valence-electron chi connectivity index (χ1n) is 7.59. The summed E-state index contributed by atoms with van der Waals surface area (Å²) < 4.78 is 5.48. The predicted molar refractivity (Wildman–Crippen MR) is 91.6 cm³/mol. The summed E-state index contributed by atoms with van der Waals surface area (Å²) >= 11 is 0. The maximum atomic E-state index is 11.5. The van der Waals surface area contributed by atoms with E-state index in [1.54, 1.807) is 18.3 Å². The number of nitrogens with zero attached hydrogens (tertiary/aromatic N) is 4. The third-order valence-corrected chi connectivity index (χ3v) is 3.37. The Balaban J connectivity index is 1.77. The van der Waals surface area contributed by atoms with Crippen molar-refractivity contribution < 1.29 is 9.66 Å². The van der Waals surface area contributed by atoms with Crippen LogP contribution >= 0.6 is 0 Å². The lowest BCUT2D eigenvalue weighted by Gasteiger charge is -2.09. The molecule has 1 N–H and O–H groups in total. The van der Waals surface area contributed by atoms with Crippen molar-refractivity contribution in [2.45, 2.75) is 6.42 Å². The number of pyridine rings is 1. The van der Waals surface area contributed by atoms with Crippen LogP contribution in [0.5, 0.6) is 11.6 Å². The molecule has 3 aromatic rings. The monoisotopic (exact) mass is 337 g/mol. The molecule has 0 atom stereocenters. The zero-order valence-corrected chi connectivity index (χ0v) is 13.2. The van der Waals surface area contributed by atoms with Crippen LogP contribution in [0.1, 0.15) is 5.56 Å². The minimum atomic E-state index is -0.559. The van der Waals surface area contributed by atoms with Crippen molar-refractivity contribution in [2.75, 3.05) is 11.9 Å². The number of nitrogens with one attached hydrogen (secondary N) is 1. The summed E-state index contributed by atoms with van der Waals surface area (Å²) in [6, 6.07) is 13.1. The van der Waals surface area contributed by atoms with Gasteiger partial charge in [-0.05, 0) is 24.1 Å². The summed E-state index contributed by atoms with van der Waals surface area (Å²) in [5.74, 6) is 0.351. The van der Waals surface area contributed by atoms with Gasteiger partial charge in [-0.2, -0.15) is 4.98 Å². The van der Waals surface area contributed by atoms with Gasteiger partial charge in [0.2, 0.25) is 5.82 Å². The van der Waals surface area contributed by atoms with E-state index in [9.17, 15) is 10.1 Å². The lowest BCUT2D eigenvalue weighted by atomic mass is 10.1. The van der Waals surface area contributed by atoms with E-state index >= 15 is 0 Å². The normalized spacial score (nSPS) is 10.2. The standard InChI is InChI=1S/C17H15N5O3/c23-22(24)15-16(19-10-8-13-5-2-1-3-6-13)20-12-21-17(15)25-14-7-4-9-18-11-14/h1-7,9,11-12H,8,10H2,(H,19,20,21). The fourth-order valence-corrected chi connectivity index (χ4v) is 2.22. The first-order valence-corrected chi connectivity index (χ1v) is 7.59. The van der Waals surface area contributed by atoms with Gasteiger partial charge in [-0.15, -0.1) is 0 Å². The number of hydrogen-bond donors (Lipinski definition) is 1. The number of nitro groups is 1. The fraction of sp³-hybridized carbons (Fsp3) is 0.118. The number of benzene rings is 1. The maximum absolute atomic E-state index is 11.5. The summed E-state index contributed by atoms with van der Waals surface area (Å²) in [5, 5.41) is 14.4. The van der Waals surface area contributed by atoms with E-state index in [0.29, 0.717) is 18.7 Å². The number of anilines is 1. The van der Waals surface area contributed by atoms with Crippen LogP contribution in [0, 0.1) is 10.1 Å². The van der Waals surface area contributed by atoms with Crippen molar-refractivity contribution in [3.8, 4) is 11.6 Å². The molecule has 0 saturated carbocycles. The molecule has 3 rings (SSSR count). The van der Waals surface area contributed by atoms with Gasteiger partial charge in [0.15, 0.2) is 0 Å². The third kappa shape index (κ3) is 4.25. The average molecular weight is 337 g/mol. The lowest BCUT2D eigenvalue weighted by molar-refractivity contribution is -0.385. The molecule has 2 aromatic heterocycles. The highest BCUT2D eigenvalue weighted by Crippen LogP contribution is 2.33. The summed E-state index contributed by atoms with van der Waals surface area (Å²) in [6.07, 6.45) is 4.97. The van der Waals surface area contributed by atoms with Gasteiger partial charge in [0.1, 0.15) is 12.1 Å². The van der Waals surface area contributed by atoms with Crippen LogP contribution in [0.15, 0.2) is 61.2 Å². The summed E-state index contributed by atoms with van der Waals surface area (Å²) in [4.78, 5) is 22.7. The Labute approximate surface area is 143 Å². The second-order valence-electron chi connectivity index (χ2n) is 5.09.